The minimum absolute atomic E-state index is 0.0749. The zero-order valence-corrected chi connectivity index (χ0v) is 26.6. The van der Waals surface area contributed by atoms with Gasteiger partial charge in [0, 0.05) is 13.1 Å². The summed E-state index contributed by atoms with van der Waals surface area (Å²) in [5.74, 6) is -2.92. The van der Waals surface area contributed by atoms with Crippen molar-refractivity contribution >= 4 is 29.5 Å². The maximum Gasteiger partial charge on any atom is 0.296 e. The summed E-state index contributed by atoms with van der Waals surface area (Å²) in [7, 11) is 0. The standard InChI is InChI=1S/C34H48N6O6/c35-27(21-25-11-4-1-5-12-25)32(43)38-23-30(41)37-24-31(42)40(34(45)29-15-10-20-46-29)28(22-26-13-6-2-7-14-26)33(44)36-16-19-39-17-8-3-9-18-39/h1,4-5,10-12,15,20,26-28H,2-3,6-9,13-14,16-19,21-24,35H2,(H,36,44)(H,37,41)(H,38,43)/t27-,28-/m0/s1. The van der Waals surface area contributed by atoms with Gasteiger partial charge in [-0.3, -0.25) is 28.9 Å². The number of amides is 5. The van der Waals surface area contributed by atoms with Crippen molar-refractivity contribution in [2.24, 2.45) is 11.7 Å². The minimum atomic E-state index is -1.07. The third-order valence-corrected chi connectivity index (χ3v) is 8.79. The Morgan fingerprint density at radius 1 is 0.848 bits per heavy atom. The van der Waals surface area contributed by atoms with Crippen molar-refractivity contribution in [2.75, 3.05) is 39.3 Å². The monoisotopic (exact) mass is 636 g/mol. The molecule has 0 radical (unpaired) electrons. The SMILES string of the molecule is N[C@@H](Cc1ccccc1)C(=O)NCC(=O)NCC(=O)N(C(=O)c1ccco1)[C@@H](CC1CCCCC1)C(=O)NCCN1CCCCC1. The third kappa shape index (κ3) is 10.8. The van der Waals surface area contributed by atoms with Crippen molar-refractivity contribution < 1.29 is 28.4 Å². The highest BCUT2D eigenvalue weighted by Crippen LogP contribution is 2.29. The van der Waals surface area contributed by atoms with E-state index in [9.17, 15) is 24.0 Å². The number of imide groups is 1. The van der Waals surface area contributed by atoms with E-state index in [0.29, 0.717) is 25.9 Å². The van der Waals surface area contributed by atoms with E-state index >= 15 is 0 Å². The summed E-state index contributed by atoms with van der Waals surface area (Å²) in [5, 5.41) is 7.96. The summed E-state index contributed by atoms with van der Waals surface area (Å²) < 4.78 is 5.33. The number of carbonyl (C=O) groups is 5. The molecule has 2 atom stereocenters. The number of nitrogens with one attached hydrogen (secondary N) is 3. The molecule has 0 bridgehead atoms. The molecule has 2 aliphatic rings. The first-order valence-electron chi connectivity index (χ1n) is 16.6. The van der Waals surface area contributed by atoms with Gasteiger partial charge in [-0.1, -0.05) is 68.9 Å². The minimum Gasteiger partial charge on any atom is -0.459 e. The Kier molecular flexibility index (Phi) is 13.8. The highest BCUT2D eigenvalue weighted by atomic mass is 16.3. The van der Waals surface area contributed by atoms with Crippen molar-refractivity contribution in [3.05, 3.63) is 60.1 Å². The highest BCUT2D eigenvalue weighted by Gasteiger charge is 2.38. The van der Waals surface area contributed by atoms with Crippen LogP contribution >= 0.6 is 0 Å². The number of hydrogen-bond donors (Lipinski definition) is 4. The van der Waals surface area contributed by atoms with E-state index in [1.807, 2.05) is 30.3 Å². The molecular formula is C34H48N6O6. The van der Waals surface area contributed by atoms with Crippen LogP contribution in [0.15, 0.2) is 53.1 Å². The Hall–Kier alpha value is -4.03. The summed E-state index contributed by atoms with van der Waals surface area (Å²) in [5.41, 5.74) is 6.89. The number of rotatable bonds is 15. The molecule has 1 saturated heterocycles. The molecule has 0 unspecified atom stereocenters. The Morgan fingerprint density at radius 3 is 2.26 bits per heavy atom. The van der Waals surface area contributed by atoms with Crippen LogP contribution in [0, 0.1) is 5.92 Å². The van der Waals surface area contributed by atoms with Gasteiger partial charge in [-0.05, 0) is 62.4 Å². The number of likely N-dealkylation sites (tertiary alicyclic amines) is 1. The van der Waals surface area contributed by atoms with Crippen molar-refractivity contribution in [1.29, 1.82) is 0 Å². The van der Waals surface area contributed by atoms with Crippen LogP contribution in [0.5, 0.6) is 0 Å². The van der Waals surface area contributed by atoms with E-state index < -0.39 is 54.7 Å². The van der Waals surface area contributed by atoms with Crippen LogP contribution in [0.2, 0.25) is 0 Å². The van der Waals surface area contributed by atoms with Gasteiger partial charge in [0.1, 0.15) is 6.04 Å². The van der Waals surface area contributed by atoms with Crippen molar-refractivity contribution in [1.82, 2.24) is 25.8 Å². The molecule has 2 heterocycles. The Labute approximate surface area is 270 Å². The second-order valence-electron chi connectivity index (χ2n) is 12.3. The van der Waals surface area contributed by atoms with Crippen LogP contribution in [0.3, 0.4) is 0 Å². The van der Waals surface area contributed by atoms with Gasteiger partial charge in [0.2, 0.25) is 23.6 Å². The number of nitrogens with zero attached hydrogens (tertiary/aromatic N) is 2. The van der Waals surface area contributed by atoms with E-state index in [-0.39, 0.29) is 11.7 Å². The second-order valence-corrected chi connectivity index (χ2v) is 12.3. The molecule has 1 aromatic carbocycles. The first-order chi connectivity index (χ1) is 22.3. The Morgan fingerprint density at radius 2 is 1.57 bits per heavy atom. The number of carbonyl (C=O) groups excluding carboxylic acids is 5. The molecule has 2 aromatic rings. The molecule has 2 fully saturated rings. The maximum absolute atomic E-state index is 13.7. The predicted octanol–water partition coefficient (Wildman–Crippen LogP) is 1.99. The normalized spacial score (nSPS) is 17.0. The largest absolute Gasteiger partial charge is 0.459 e. The molecule has 12 heteroatoms. The average Bonchev–Trinajstić information content (AvgIpc) is 3.63. The molecule has 1 saturated carbocycles. The summed E-state index contributed by atoms with van der Waals surface area (Å²) in [6.07, 6.45) is 10.5. The molecule has 1 aromatic heterocycles. The second kappa shape index (κ2) is 18.2. The summed E-state index contributed by atoms with van der Waals surface area (Å²) in [6.45, 7) is 2.13. The molecule has 0 spiro atoms. The van der Waals surface area contributed by atoms with E-state index in [0.717, 1.165) is 68.5 Å². The zero-order chi connectivity index (χ0) is 32.7. The van der Waals surface area contributed by atoms with Gasteiger partial charge >= 0.3 is 0 Å². The highest BCUT2D eigenvalue weighted by molar-refractivity contribution is 6.07. The number of nitrogens with two attached hydrogens (primary N) is 1. The van der Waals surface area contributed by atoms with Crippen LogP contribution in [0.4, 0.5) is 0 Å². The lowest BCUT2D eigenvalue weighted by molar-refractivity contribution is -0.138. The quantitative estimate of drug-likeness (QED) is 0.230. The molecule has 1 aliphatic heterocycles. The molecule has 5 amide bonds. The molecule has 46 heavy (non-hydrogen) atoms. The van der Waals surface area contributed by atoms with Crippen LogP contribution in [0.1, 0.15) is 73.9 Å². The Balaban J connectivity index is 1.39. The third-order valence-electron chi connectivity index (χ3n) is 8.79. The fourth-order valence-corrected chi connectivity index (χ4v) is 6.23. The fourth-order valence-electron chi connectivity index (χ4n) is 6.23. The molecular weight excluding hydrogens is 588 g/mol. The van der Waals surface area contributed by atoms with Gasteiger partial charge in [0.05, 0.1) is 25.4 Å². The van der Waals surface area contributed by atoms with Crippen LogP contribution in [0.25, 0.3) is 0 Å². The van der Waals surface area contributed by atoms with E-state index in [1.54, 1.807) is 0 Å². The van der Waals surface area contributed by atoms with Crippen molar-refractivity contribution in [3.8, 4) is 0 Å². The Bertz CT molecular complexity index is 1270. The van der Waals surface area contributed by atoms with E-state index in [1.165, 1.54) is 24.8 Å². The molecule has 250 valence electrons. The topological polar surface area (TPSA) is 167 Å². The van der Waals surface area contributed by atoms with Gasteiger partial charge < -0.3 is 31.0 Å². The first kappa shape index (κ1) is 34.8. The van der Waals surface area contributed by atoms with E-state index in [4.69, 9.17) is 10.2 Å². The summed E-state index contributed by atoms with van der Waals surface area (Å²) in [6, 6.07) is 10.3. The van der Waals surface area contributed by atoms with Crippen molar-refractivity contribution in [3.63, 3.8) is 0 Å². The van der Waals surface area contributed by atoms with Gasteiger partial charge in [-0.15, -0.1) is 0 Å². The lowest BCUT2D eigenvalue weighted by Gasteiger charge is -2.33. The molecule has 5 N–H and O–H groups in total. The average molecular weight is 637 g/mol. The maximum atomic E-state index is 13.7. The van der Waals surface area contributed by atoms with Crippen LogP contribution in [-0.4, -0.2) is 90.7 Å². The van der Waals surface area contributed by atoms with Gasteiger partial charge in [0.25, 0.3) is 5.91 Å². The number of benzene rings is 1. The molecule has 4 rings (SSSR count). The number of furan rings is 1. The van der Waals surface area contributed by atoms with Crippen LogP contribution in [-0.2, 0) is 25.6 Å². The smallest absolute Gasteiger partial charge is 0.296 e. The predicted molar refractivity (Wildman–Crippen MR) is 172 cm³/mol. The van der Waals surface area contributed by atoms with Crippen molar-refractivity contribution in [2.45, 2.75) is 76.3 Å². The lowest BCUT2D eigenvalue weighted by atomic mass is 9.84. The van der Waals surface area contributed by atoms with Gasteiger partial charge in [-0.2, -0.15) is 0 Å². The van der Waals surface area contributed by atoms with Gasteiger partial charge in [-0.25, -0.2) is 0 Å². The number of piperidine rings is 1. The van der Waals surface area contributed by atoms with Crippen LogP contribution < -0.4 is 21.7 Å². The van der Waals surface area contributed by atoms with E-state index in [2.05, 4.69) is 20.9 Å². The fraction of sp³-hybridized carbons (Fsp3) is 0.559. The molecule has 1 aliphatic carbocycles. The van der Waals surface area contributed by atoms with Gasteiger partial charge in [0.15, 0.2) is 5.76 Å². The summed E-state index contributed by atoms with van der Waals surface area (Å²) >= 11 is 0. The molecule has 12 nitrogen and oxygen atoms in total. The number of hydrogen-bond acceptors (Lipinski definition) is 8. The lowest BCUT2D eigenvalue weighted by Crippen LogP contribution is -2.56. The summed E-state index contributed by atoms with van der Waals surface area (Å²) in [4.78, 5) is 69.5. The zero-order valence-electron chi connectivity index (χ0n) is 26.6. The first-order valence-corrected chi connectivity index (χ1v) is 16.6.